The van der Waals surface area contributed by atoms with Gasteiger partial charge in [0.1, 0.15) is 0 Å². The molecule has 0 heterocycles. The lowest BCUT2D eigenvalue weighted by Crippen LogP contribution is -2.12. The van der Waals surface area contributed by atoms with Crippen molar-refractivity contribution in [3.8, 4) is 0 Å². The highest BCUT2D eigenvalue weighted by Crippen LogP contribution is 2.14. The number of ether oxygens (including phenoxy) is 2. The minimum Gasteiger partial charge on any atom is -0.393 e. The van der Waals surface area contributed by atoms with E-state index in [9.17, 15) is 29.4 Å². The zero-order valence-electron chi connectivity index (χ0n) is 34.8. The molecule has 0 spiro atoms. The maximum atomic E-state index is 12.0. The van der Waals surface area contributed by atoms with Crippen LogP contribution in [0.25, 0.3) is 0 Å². The molecule has 0 fully saturated rings. The van der Waals surface area contributed by atoms with Crippen LogP contribution in [0.15, 0.2) is 24.3 Å². The molecule has 0 aromatic carbocycles. The van der Waals surface area contributed by atoms with E-state index in [4.69, 9.17) is 9.47 Å². The van der Waals surface area contributed by atoms with Crippen LogP contribution in [0, 0.1) is 0 Å². The number of esters is 4. The van der Waals surface area contributed by atoms with Gasteiger partial charge >= 0.3 is 23.9 Å². The molecule has 8 nitrogen and oxygen atoms in total. The Morgan fingerprint density at radius 3 is 0.981 bits per heavy atom. The van der Waals surface area contributed by atoms with Crippen molar-refractivity contribution in [3.63, 3.8) is 0 Å². The van der Waals surface area contributed by atoms with Crippen molar-refractivity contribution in [2.45, 2.75) is 244 Å². The fourth-order valence-electron chi connectivity index (χ4n) is 6.42. The molecular formula is C46H82O8. The Bertz CT molecular complexity index is 882. The smallest absolute Gasteiger partial charge is 0.313 e. The van der Waals surface area contributed by atoms with E-state index in [0.717, 1.165) is 141 Å². The van der Waals surface area contributed by atoms with E-state index in [1.807, 2.05) is 0 Å². The molecule has 2 N–H and O–H groups in total. The van der Waals surface area contributed by atoms with Gasteiger partial charge in [0.15, 0.2) is 0 Å². The number of carbonyl (C=O) groups is 4. The van der Waals surface area contributed by atoms with Crippen molar-refractivity contribution >= 4 is 23.9 Å². The predicted molar refractivity (Wildman–Crippen MR) is 221 cm³/mol. The summed E-state index contributed by atoms with van der Waals surface area (Å²) in [7, 11) is 0. The van der Waals surface area contributed by atoms with Crippen LogP contribution in [0.1, 0.15) is 232 Å². The normalized spacial score (nSPS) is 12.7. The van der Waals surface area contributed by atoms with Crippen LogP contribution in [0.4, 0.5) is 0 Å². The minimum absolute atomic E-state index is 0.218. The molecule has 8 heteroatoms. The van der Waals surface area contributed by atoms with Crippen LogP contribution in [0.3, 0.4) is 0 Å². The Kier molecular flexibility index (Phi) is 38.6. The fraction of sp³-hybridized carbons (Fsp3) is 0.826. The van der Waals surface area contributed by atoms with Crippen LogP contribution in [-0.4, -0.2) is 46.3 Å². The molecule has 0 bridgehead atoms. The van der Waals surface area contributed by atoms with Gasteiger partial charge in [0, 0.05) is 25.7 Å². The summed E-state index contributed by atoms with van der Waals surface area (Å²) in [5.41, 5.74) is 0. The number of aliphatic hydroxyl groups excluding tert-OH is 2. The molecule has 0 aromatic rings. The number of aliphatic hydroxyl groups is 2. The lowest BCUT2D eigenvalue weighted by atomic mass is 10.1. The molecule has 2 atom stereocenters. The first-order chi connectivity index (χ1) is 26.3. The van der Waals surface area contributed by atoms with E-state index in [-0.39, 0.29) is 37.9 Å². The van der Waals surface area contributed by atoms with Gasteiger partial charge in [-0.1, -0.05) is 154 Å². The van der Waals surface area contributed by atoms with E-state index in [1.54, 1.807) is 0 Å². The number of carbonyl (C=O) groups excluding carboxylic acids is 4. The van der Waals surface area contributed by atoms with Gasteiger partial charge in [-0.05, 0) is 77.0 Å². The number of hydrogen-bond acceptors (Lipinski definition) is 8. The van der Waals surface area contributed by atoms with Gasteiger partial charge in [0.2, 0.25) is 0 Å². The summed E-state index contributed by atoms with van der Waals surface area (Å²) >= 11 is 0. The quantitative estimate of drug-likeness (QED) is 0.0274. The van der Waals surface area contributed by atoms with Crippen LogP contribution in [0.5, 0.6) is 0 Å². The zero-order chi connectivity index (χ0) is 39.7. The topological polar surface area (TPSA) is 127 Å². The van der Waals surface area contributed by atoms with Gasteiger partial charge in [0.25, 0.3) is 0 Å². The summed E-state index contributed by atoms with van der Waals surface area (Å²) in [6.07, 6.45) is 38.8. The molecule has 54 heavy (non-hydrogen) atoms. The highest BCUT2D eigenvalue weighted by molar-refractivity contribution is 5.85. The monoisotopic (exact) mass is 763 g/mol. The summed E-state index contributed by atoms with van der Waals surface area (Å²) in [5, 5.41) is 20.0. The molecule has 0 saturated carbocycles. The highest BCUT2D eigenvalue weighted by Gasteiger charge is 2.11. The number of hydrogen-bond donors (Lipinski definition) is 2. The molecule has 0 amide bonds. The second-order valence-corrected chi connectivity index (χ2v) is 15.3. The standard InChI is InChI=1S/C46H82O8/c1-3-5-7-25-33-41(47)35-27-19-13-9-11-15-21-29-37-43(49)53-45(51)39-31-23-17-18-24-32-40-46(52)54-44(50)38-30-22-16-12-10-14-20-28-36-42(48)34-26-8-6-4-2/h19-20,27-28,41-42,47-48H,3-18,21-26,29-40H2,1-2H3/b27-19-,28-20-/t41-,42-/m1/s1. The number of allylic oxidation sites excluding steroid dienone is 2. The molecule has 0 radical (unpaired) electrons. The van der Waals surface area contributed by atoms with Crippen molar-refractivity contribution in [1.82, 2.24) is 0 Å². The molecule has 0 aliphatic rings. The molecule has 0 aliphatic carbocycles. The number of rotatable bonds is 39. The maximum Gasteiger partial charge on any atom is 0.313 e. The lowest BCUT2D eigenvalue weighted by molar-refractivity contribution is -0.161. The summed E-state index contributed by atoms with van der Waals surface area (Å²) in [6.45, 7) is 4.39. The second-order valence-electron chi connectivity index (χ2n) is 15.3. The third kappa shape index (κ3) is 39.4. The van der Waals surface area contributed by atoms with Crippen LogP contribution < -0.4 is 0 Å². The SMILES string of the molecule is CCCCCC[C@@H](O)C/C=C\CCCCCCCC(=O)OC(=O)CCCCCCCCC(=O)OC(=O)CCCCCCC/C=C\C[C@H](O)CCCCCC. The fourth-order valence-corrected chi connectivity index (χ4v) is 6.42. The molecule has 0 unspecified atom stereocenters. The summed E-state index contributed by atoms with van der Waals surface area (Å²) in [4.78, 5) is 47.9. The first-order valence-electron chi connectivity index (χ1n) is 22.4. The van der Waals surface area contributed by atoms with E-state index in [0.29, 0.717) is 12.8 Å². The number of unbranched alkanes of at least 4 members (excludes halogenated alkanes) is 21. The lowest BCUT2D eigenvalue weighted by Gasteiger charge is -2.07. The Morgan fingerprint density at radius 1 is 0.389 bits per heavy atom. The van der Waals surface area contributed by atoms with E-state index >= 15 is 0 Å². The Balaban J connectivity index is 3.55. The van der Waals surface area contributed by atoms with Gasteiger partial charge in [-0.3, -0.25) is 19.2 Å². The van der Waals surface area contributed by atoms with Gasteiger partial charge in [0.05, 0.1) is 12.2 Å². The molecule has 0 rings (SSSR count). The first kappa shape index (κ1) is 51.7. The van der Waals surface area contributed by atoms with Crippen molar-refractivity contribution in [3.05, 3.63) is 24.3 Å². The van der Waals surface area contributed by atoms with Crippen molar-refractivity contribution in [1.29, 1.82) is 0 Å². The maximum absolute atomic E-state index is 12.0. The van der Waals surface area contributed by atoms with Crippen molar-refractivity contribution in [2.75, 3.05) is 0 Å². The molecule has 0 aromatic heterocycles. The molecular weight excluding hydrogens is 680 g/mol. The van der Waals surface area contributed by atoms with Crippen LogP contribution >= 0.6 is 0 Å². The third-order valence-electron chi connectivity index (χ3n) is 9.90. The van der Waals surface area contributed by atoms with Gasteiger partial charge in [-0.2, -0.15) is 0 Å². The Morgan fingerprint density at radius 2 is 0.667 bits per heavy atom. The largest absolute Gasteiger partial charge is 0.393 e. The van der Waals surface area contributed by atoms with E-state index < -0.39 is 23.9 Å². The van der Waals surface area contributed by atoms with E-state index in [2.05, 4.69) is 38.2 Å². The molecule has 314 valence electrons. The Labute approximate surface area is 330 Å². The minimum atomic E-state index is -0.450. The summed E-state index contributed by atoms with van der Waals surface area (Å²) in [6, 6.07) is 0. The van der Waals surface area contributed by atoms with Crippen molar-refractivity contribution < 1.29 is 38.9 Å². The summed E-state index contributed by atoms with van der Waals surface area (Å²) in [5.74, 6) is -1.77. The highest BCUT2D eigenvalue weighted by atomic mass is 16.6. The Hall–Kier alpha value is -2.32. The van der Waals surface area contributed by atoms with Gasteiger partial charge < -0.3 is 19.7 Å². The molecule has 0 saturated heterocycles. The molecule has 0 aliphatic heterocycles. The average molecular weight is 763 g/mol. The van der Waals surface area contributed by atoms with Gasteiger partial charge in [-0.15, -0.1) is 0 Å². The first-order valence-corrected chi connectivity index (χ1v) is 22.4. The van der Waals surface area contributed by atoms with E-state index in [1.165, 1.54) is 38.5 Å². The average Bonchev–Trinajstić information content (AvgIpc) is 3.14. The third-order valence-corrected chi connectivity index (χ3v) is 9.90. The van der Waals surface area contributed by atoms with Crippen LogP contribution in [-0.2, 0) is 28.7 Å². The summed E-state index contributed by atoms with van der Waals surface area (Å²) < 4.78 is 9.93. The van der Waals surface area contributed by atoms with Crippen LogP contribution in [0.2, 0.25) is 0 Å². The van der Waals surface area contributed by atoms with Crippen molar-refractivity contribution in [2.24, 2.45) is 0 Å². The zero-order valence-corrected chi connectivity index (χ0v) is 34.8. The predicted octanol–water partition coefficient (Wildman–Crippen LogP) is 12.3. The second kappa shape index (κ2) is 40.3. The van der Waals surface area contributed by atoms with Gasteiger partial charge in [-0.25, -0.2) is 0 Å².